The molecule has 2 aliphatic heterocycles. The van der Waals surface area contributed by atoms with E-state index in [2.05, 4.69) is 81.1 Å². The molecule has 36 heavy (non-hydrogen) atoms. The highest BCUT2D eigenvalue weighted by molar-refractivity contribution is 6.09. The summed E-state index contributed by atoms with van der Waals surface area (Å²) in [6.45, 7) is 4.61. The van der Waals surface area contributed by atoms with Crippen LogP contribution in [0.2, 0.25) is 0 Å². The first kappa shape index (κ1) is 21.5. The molecule has 1 aliphatic carbocycles. The van der Waals surface area contributed by atoms with E-state index in [0.29, 0.717) is 0 Å². The van der Waals surface area contributed by atoms with Gasteiger partial charge in [-0.05, 0) is 46.9 Å². The molecule has 4 aromatic rings. The zero-order valence-electron chi connectivity index (χ0n) is 20.0. The Bertz CT molecular complexity index is 1480. The Hall–Kier alpha value is -3.74. The Kier molecular flexibility index (Phi) is 5.04. The Morgan fingerprint density at radius 2 is 1.86 bits per heavy atom. The Labute approximate surface area is 210 Å². The van der Waals surface area contributed by atoms with Gasteiger partial charge in [-0.25, -0.2) is 0 Å². The van der Waals surface area contributed by atoms with E-state index < -0.39 is 5.41 Å². The average Bonchev–Trinajstić information content (AvgIpc) is 3.45. The minimum atomic E-state index is -0.416. The van der Waals surface area contributed by atoms with Crippen LogP contribution in [0.1, 0.15) is 40.3 Å². The molecule has 0 unspecified atom stereocenters. The van der Waals surface area contributed by atoms with Gasteiger partial charge in [-0.3, -0.25) is 14.8 Å². The number of aromatic amines is 1. The first-order valence-corrected chi connectivity index (χ1v) is 12.7. The maximum atomic E-state index is 12.9. The molecule has 3 heterocycles. The molecule has 2 fully saturated rings. The zero-order valence-corrected chi connectivity index (χ0v) is 20.0. The number of H-pyrrole nitrogens is 1. The Morgan fingerprint density at radius 1 is 1.03 bits per heavy atom. The number of ether oxygens (including phenoxy) is 1. The molecular weight excluding hydrogens is 448 g/mol. The molecule has 1 aromatic heterocycles. The summed E-state index contributed by atoms with van der Waals surface area (Å²) in [4.78, 5) is 15.3. The van der Waals surface area contributed by atoms with Crippen molar-refractivity contribution in [2.24, 2.45) is 0 Å². The first-order valence-electron chi connectivity index (χ1n) is 12.7. The molecule has 2 atom stereocenters. The minimum Gasteiger partial charge on any atom is -0.379 e. The quantitative estimate of drug-likeness (QED) is 0.428. The van der Waals surface area contributed by atoms with Crippen molar-refractivity contribution in [3.05, 3.63) is 94.7 Å². The summed E-state index contributed by atoms with van der Waals surface area (Å²) in [6.07, 6.45) is 5.02. The number of para-hydroxylation sites is 1. The fraction of sp³-hybridized carbons (Fsp3) is 0.267. The van der Waals surface area contributed by atoms with Crippen LogP contribution in [0, 0.1) is 0 Å². The van der Waals surface area contributed by atoms with E-state index in [1.165, 1.54) is 11.1 Å². The molecule has 6 nitrogen and oxygen atoms in total. The number of hydrogen-bond donors (Lipinski definition) is 2. The molecule has 7 rings (SSSR count). The standard InChI is InChI=1S/C30H28N4O2/c35-29-30(24-3-1-2-4-27(24)31-29)18-25(30)22-10-11-23-26(32-33-28(23)17-22)12-9-20-5-7-21(8-6-20)19-34-13-15-36-16-14-34/h1-12,17,25H,13-16,18-19H2,(H,31,35)(H,32,33)/t25-,30-/m0/s1. The fourth-order valence-corrected chi connectivity index (χ4v) is 5.88. The number of aromatic nitrogens is 2. The number of carbonyl (C=O) groups is 1. The summed E-state index contributed by atoms with van der Waals surface area (Å²) in [5.74, 6) is 0.321. The molecule has 1 spiro atoms. The van der Waals surface area contributed by atoms with Crippen LogP contribution in [0.25, 0.3) is 23.1 Å². The zero-order chi connectivity index (χ0) is 24.1. The third-order valence-electron chi connectivity index (χ3n) is 7.96. The van der Waals surface area contributed by atoms with Crippen LogP contribution in [-0.2, 0) is 21.5 Å². The van der Waals surface area contributed by atoms with Crippen LogP contribution in [0.3, 0.4) is 0 Å². The van der Waals surface area contributed by atoms with Crippen LogP contribution >= 0.6 is 0 Å². The van der Waals surface area contributed by atoms with Gasteiger partial charge in [-0.15, -0.1) is 0 Å². The van der Waals surface area contributed by atoms with E-state index in [9.17, 15) is 4.79 Å². The average molecular weight is 477 g/mol. The molecule has 2 N–H and O–H groups in total. The lowest BCUT2D eigenvalue weighted by atomic mass is 9.92. The van der Waals surface area contributed by atoms with Gasteiger partial charge < -0.3 is 10.1 Å². The van der Waals surface area contributed by atoms with Crippen molar-refractivity contribution in [3.63, 3.8) is 0 Å². The van der Waals surface area contributed by atoms with Crippen LogP contribution in [0.4, 0.5) is 5.69 Å². The molecule has 1 saturated heterocycles. The topological polar surface area (TPSA) is 70.2 Å². The van der Waals surface area contributed by atoms with E-state index in [1.807, 2.05) is 18.2 Å². The predicted octanol–water partition coefficient (Wildman–Crippen LogP) is 4.94. The second kappa shape index (κ2) is 8.43. The van der Waals surface area contributed by atoms with Gasteiger partial charge in [0, 0.05) is 36.6 Å². The van der Waals surface area contributed by atoms with E-state index in [0.717, 1.165) is 72.7 Å². The lowest BCUT2D eigenvalue weighted by Gasteiger charge is -2.26. The number of fused-ring (bicyclic) bond motifs is 3. The number of nitrogens with one attached hydrogen (secondary N) is 2. The maximum Gasteiger partial charge on any atom is 0.235 e. The molecule has 0 radical (unpaired) electrons. The summed E-state index contributed by atoms with van der Waals surface area (Å²) in [6, 6.07) is 23.2. The normalized spacial score (nSPS) is 23.4. The Morgan fingerprint density at radius 3 is 2.72 bits per heavy atom. The van der Waals surface area contributed by atoms with Crippen LogP contribution in [0.15, 0.2) is 66.7 Å². The van der Waals surface area contributed by atoms with Gasteiger partial charge in [-0.2, -0.15) is 5.10 Å². The van der Waals surface area contributed by atoms with E-state index in [1.54, 1.807) is 0 Å². The lowest BCUT2D eigenvalue weighted by Crippen LogP contribution is -2.35. The predicted molar refractivity (Wildman–Crippen MR) is 142 cm³/mol. The molecule has 180 valence electrons. The van der Waals surface area contributed by atoms with Gasteiger partial charge in [0.15, 0.2) is 0 Å². The van der Waals surface area contributed by atoms with Crippen LogP contribution in [-0.4, -0.2) is 47.3 Å². The number of hydrogen-bond acceptors (Lipinski definition) is 4. The number of amides is 1. The summed E-state index contributed by atoms with van der Waals surface area (Å²) < 4.78 is 5.44. The molecule has 1 amide bonds. The second-order valence-corrected chi connectivity index (χ2v) is 10.1. The third-order valence-corrected chi connectivity index (χ3v) is 7.96. The van der Waals surface area contributed by atoms with Crippen molar-refractivity contribution in [2.75, 3.05) is 31.6 Å². The molecular formula is C30H28N4O2. The minimum absolute atomic E-state index is 0.123. The third kappa shape index (κ3) is 3.56. The number of benzene rings is 3. The maximum absolute atomic E-state index is 12.9. The van der Waals surface area contributed by atoms with E-state index in [4.69, 9.17) is 4.74 Å². The SMILES string of the molecule is O=C1Nc2ccccc2[C@]12C[C@H]2c1ccc2c(C=Cc3ccc(CN4CCOCC4)cc3)n[nH]c2c1. The first-order chi connectivity index (χ1) is 17.7. The van der Waals surface area contributed by atoms with E-state index in [-0.39, 0.29) is 11.8 Å². The number of rotatable bonds is 5. The lowest BCUT2D eigenvalue weighted by molar-refractivity contribution is -0.118. The fourth-order valence-electron chi connectivity index (χ4n) is 5.88. The van der Waals surface area contributed by atoms with Crippen molar-refractivity contribution in [1.82, 2.24) is 15.1 Å². The van der Waals surface area contributed by atoms with Crippen molar-refractivity contribution >= 4 is 34.6 Å². The summed E-state index contributed by atoms with van der Waals surface area (Å²) >= 11 is 0. The number of carbonyl (C=O) groups excluding carboxylic acids is 1. The molecule has 1 saturated carbocycles. The number of anilines is 1. The molecule has 3 aromatic carbocycles. The van der Waals surface area contributed by atoms with Gasteiger partial charge in [0.25, 0.3) is 0 Å². The van der Waals surface area contributed by atoms with Crippen molar-refractivity contribution in [1.29, 1.82) is 0 Å². The number of morpholine rings is 1. The van der Waals surface area contributed by atoms with Gasteiger partial charge in [0.2, 0.25) is 5.91 Å². The summed E-state index contributed by atoms with van der Waals surface area (Å²) in [5, 5.41) is 11.9. The summed E-state index contributed by atoms with van der Waals surface area (Å²) in [7, 11) is 0. The van der Waals surface area contributed by atoms with Crippen LogP contribution < -0.4 is 5.32 Å². The van der Waals surface area contributed by atoms with Crippen LogP contribution in [0.5, 0.6) is 0 Å². The van der Waals surface area contributed by atoms with Gasteiger partial charge in [0.1, 0.15) is 0 Å². The van der Waals surface area contributed by atoms with Crippen molar-refractivity contribution < 1.29 is 9.53 Å². The summed E-state index contributed by atoms with van der Waals surface area (Å²) in [5.41, 5.74) is 7.25. The molecule has 0 bridgehead atoms. The van der Waals surface area contributed by atoms with Crippen molar-refractivity contribution in [2.45, 2.75) is 24.3 Å². The van der Waals surface area contributed by atoms with E-state index >= 15 is 0 Å². The highest BCUT2D eigenvalue weighted by Crippen LogP contribution is 2.64. The second-order valence-electron chi connectivity index (χ2n) is 10.1. The number of nitrogens with zero attached hydrogens (tertiary/aromatic N) is 2. The van der Waals surface area contributed by atoms with Gasteiger partial charge >= 0.3 is 0 Å². The molecule has 3 aliphatic rings. The highest BCUT2D eigenvalue weighted by Gasteiger charge is 2.65. The smallest absolute Gasteiger partial charge is 0.235 e. The largest absolute Gasteiger partial charge is 0.379 e. The van der Waals surface area contributed by atoms with Gasteiger partial charge in [0.05, 0.1) is 29.8 Å². The highest BCUT2D eigenvalue weighted by atomic mass is 16.5. The van der Waals surface area contributed by atoms with Gasteiger partial charge in [-0.1, -0.05) is 60.7 Å². The monoisotopic (exact) mass is 476 g/mol. The molecule has 6 heteroatoms. The Balaban J connectivity index is 1.08. The van der Waals surface area contributed by atoms with Crippen molar-refractivity contribution in [3.8, 4) is 0 Å².